The molecule has 0 N–H and O–H groups in total. The fraction of sp³-hybridized carbons (Fsp3) is 1.00. The van der Waals surface area contributed by atoms with E-state index in [-0.39, 0.29) is 5.60 Å². The van der Waals surface area contributed by atoms with Crippen molar-refractivity contribution >= 4 is 22.6 Å². The van der Waals surface area contributed by atoms with Crippen LogP contribution in [0.15, 0.2) is 0 Å². The number of alkyl halides is 1. The van der Waals surface area contributed by atoms with E-state index >= 15 is 0 Å². The lowest BCUT2D eigenvalue weighted by atomic mass is 9.82. The highest BCUT2D eigenvalue weighted by Crippen LogP contribution is 2.61. The Morgan fingerprint density at radius 3 is 2.53 bits per heavy atom. The fourth-order valence-corrected chi connectivity index (χ4v) is 3.94. The maximum absolute atomic E-state index is 6.42. The molecule has 1 aliphatic carbocycles. The number of halogens is 1. The lowest BCUT2D eigenvalue weighted by Gasteiger charge is -2.42. The lowest BCUT2D eigenvalue weighted by molar-refractivity contribution is -0.138. The summed E-state index contributed by atoms with van der Waals surface area (Å²) in [6, 6.07) is 0. The van der Waals surface area contributed by atoms with E-state index in [4.69, 9.17) is 4.74 Å². The maximum Gasteiger partial charge on any atom is 0.0717 e. The van der Waals surface area contributed by atoms with Crippen molar-refractivity contribution in [3.8, 4) is 0 Å². The second kappa shape index (κ2) is 4.17. The molecule has 2 fully saturated rings. The van der Waals surface area contributed by atoms with Crippen molar-refractivity contribution in [2.45, 2.75) is 64.6 Å². The van der Waals surface area contributed by atoms with Crippen molar-refractivity contribution in [3.63, 3.8) is 0 Å². The van der Waals surface area contributed by atoms with Gasteiger partial charge >= 0.3 is 0 Å². The summed E-state index contributed by atoms with van der Waals surface area (Å²) >= 11 is 2.47. The SMILES string of the molecule is CCC1(C2CC2(C)C)CCCC(CI)O1. The summed E-state index contributed by atoms with van der Waals surface area (Å²) in [6.07, 6.45) is 7.04. The van der Waals surface area contributed by atoms with Crippen molar-refractivity contribution in [1.29, 1.82) is 0 Å². The fourth-order valence-electron chi connectivity index (χ4n) is 3.32. The molecule has 2 rings (SSSR count). The zero-order valence-corrected chi connectivity index (χ0v) is 12.3. The van der Waals surface area contributed by atoms with Gasteiger partial charge in [-0.05, 0) is 43.4 Å². The van der Waals surface area contributed by atoms with E-state index in [0.29, 0.717) is 11.5 Å². The minimum Gasteiger partial charge on any atom is -0.371 e. The van der Waals surface area contributed by atoms with Crippen LogP contribution in [0.1, 0.15) is 52.9 Å². The van der Waals surface area contributed by atoms with E-state index in [0.717, 1.165) is 10.3 Å². The van der Waals surface area contributed by atoms with Gasteiger partial charge in [-0.2, -0.15) is 0 Å². The zero-order chi connectivity index (χ0) is 11.1. The van der Waals surface area contributed by atoms with Crippen molar-refractivity contribution in [1.82, 2.24) is 0 Å². The average Bonchev–Trinajstić information content (AvgIpc) is 2.88. The van der Waals surface area contributed by atoms with E-state index in [9.17, 15) is 0 Å². The Morgan fingerprint density at radius 1 is 1.40 bits per heavy atom. The van der Waals surface area contributed by atoms with Crippen molar-refractivity contribution in [3.05, 3.63) is 0 Å². The van der Waals surface area contributed by atoms with Gasteiger partial charge < -0.3 is 4.74 Å². The van der Waals surface area contributed by atoms with Crippen molar-refractivity contribution in [2.24, 2.45) is 11.3 Å². The molecule has 1 aliphatic heterocycles. The third-order valence-corrected chi connectivity index (χ3v) is 5.43. The van der Waals surface area contributed by atoms with E-state index < -0.39 is 0 Å². The summed E-state index contributed by atoms with van der Waals surface area (Å²) in [6.45, 7) is 7.10. The van der Waals surface area contributed by atoms with Crippen LogP contribution in [0.2, 0.25) is 0 Å². The number of hydrogen-bond donors (Lipinski definition) is 0. The van der Waals surface area contributed by atoms with Gasteiger partial charge in [-0.15, -0.1) is 0 Å². The molecule has 0 aromatic rings. The Morgan fingerprint density at radius 2 is 2.07 bits per heavy atom. The molecule has 15 heavy (non-hydrogen) atoms. The lowest BCUT2D eigenvalue weighted by Crippen LogP contribution is -2.43. The molecular formula is C13H23IO. The van der Waals surface area contributed by atoms with Gasteiger partial charge in [-0.1, -0.05) is 43.4 Å². The van der Waals surface area contributed by atoms with E-state index in [2.05, 4.69) is 43.4 Å². The first-order valence-corrected chi connectivity index (χ1v) is 7.80. The first-order chi connectivity index (χ1) is 7.04. The molecular weight excluding hydrogens is 299 g/mol. The molecule has 0 spiro atoms. The molecule has 0 aromatic heterocycles. The first kappa shape index (κ1) is 12.2. The second-order valence-electron chi connectivity index (χ2n) is 5.95. The quantitative estimate of drug-likeness (QED) is 0.559. The molecule has 1 nitrogen and oxygen atoms in total. The maximum atomic E-state index is 6.42. The van der Waals surface area contributed by atoms with E-state index in [1.54, 1.807) is 0 Å². The molecule has 2 aliphatic rings. The van der Waals surface area contributed by atoms with Crippen LogP contribution in [0.25, 0.3) is 0 Å². The topological polar surface area (TPSA) is 9.23 Å². The summed E-state index contributed by atoms with van der Waals surface area (Å²) in [7, 11) is 0. The van der Waals surface area contributed by atoms with Crippen LogP contribution < -0.4 is 0 Å². The van der Waals surface area contributed by atoms with Crippen LogP contribution in [0, 0.1) is 11.3 Å². The number of rotatable bonds is 3. The van der Waals surface area contributed by atoms with Crippen molar-refractivity contribution < 1.29 is 4.74 Å². The molecule has 0 radical (unpaired) electrons. The number of hydrogen-bond acceptors (Lipinski definition) is 1. The molecule has 3 unspecified atom stereocenters. The Bertz CT molecular complexity index is 239. The molecule has 1 heterocycles. The average molecular weight is 322 g/mol. The van der Waals surface area contributed by atoms with Gasteiger partial charge in [-0.3, -0.25) is 0 Å². The Balaban J connectivity index is 2.08. The molecule has 0 amide bonds. The molecule has 3 atom stereocenters. The summed E-state index contributed by atoms with van der Waals surface area (Å²) in [5.41, 5.74) is 0.779. The normalized spacial score (nSPS) is 44.0. The third-order valence-electron chi connectivity index (χ3n) is 4.45. The Labute approximate surface area is 107 Å². The summed E-state index contributed by atoms with van der Waals surface area (Å²) < 4.78 is 7.58. The predicted octanol–water partition coefficient (Wildman–Crippen LogP) is 4.19. The molecule has 2 heteroatoms. The van der Waals surface area contributed by atoms with Crippen LogP contribution in [0.4, 0.5) is 0 Å². The summed E-state index contributed by atoms with van der Waals surface area (Å²) in [5.74, 6) is 0.820. The van der Waals surface area contributed by atoms with Crippen LogP contribution >= 0.6 is 22.6 Å². The van der Waals surface area contributed by atoms with Crippen LogP contribution in [0.5, 0.6) is 0 Å². The Hall–Kier alpha value is 0.690. The third kappa shape index (κ3) is 2.21. The highest BCUT2D eigenvalue weighted by molar-refractivity contribution is 14.1. The summed E-state index contributed by atoms with van der Waals surface area (Å²) in [5, 5.41) is 0. The highest BCUT2D eigenvalue weighted by atomic mass is 127. The van der Waals surface area contributed by atoms with Crippen LogP contribution in [-0.4, -0.2) is 16.1 Å². The standard InChI is InChI=1S/C13H23IO/c1-4-13(11-8-12(11,2)3)7-5-6-10(9-14)15-13/h10-11H,4-9H2,1-3H3. The highest BCUT2D eigenvalue weighted by Gasteiger charge is 2.58. The largest absolute Gasteiger partial charge is 0.371 e. The van der Waals surface area contributed by atoms with Crippen molar-refractivity contribution in [2.75, 3.05) is 4.43 Å². The van der Waals surface area contributed by atoms with Crippen LogP contribution in [-0.2, 0) is 4.74 Å². The molecule has 0 bridgehead atoms. The van der Waals surface area contributed by atoms with Gasteiger partial charge in [-0.25, -0.2) is 0 Å². The minimum atomic E-state index is 0.234. The van der Waals surface area contributed by atoms with E-state index in [1.165, 1.54) is 32.1 Å². The molecule has 1 saturated carbocycles. The molecule has 1 saturated heterocycles. The minimum absolute atomic E-state index is 0.234. The summed E-state index contributed by atoms with van der Waals surface area (Å²) in [4.78, 5) is 0. The molecule has 0 aromatic carbocycles. The van der Waals surface area contributed by atoms with Gasteiger partial charge in [0.2, 0.25) is 0 Å². The second-order valence-corrected chi connectivity index (χ2v) is 6.83. The van der Waals surface area contributed by atoms with Gasteiger partial charge in [0, 0.05) is 4.43 Å². The van der Waals surface area contributed by atoms with Gasteiger partial charge in [0.15, 0.2) is 0 Å². The monoisotopic (exact) mass is 322 g/mol. The van der Waals surface area contributed by atoms with Gasteiger partial charge in [0.05, 0.1) is 11.7 Å². The van der Waals surface area contributed by atoms with Gasteiger partial charge in [0.1, 0.15) is 0 Å². The zero-order valence-electron chi connectivity index (χ0n) is 10.2. The predicted molar refractivity (Wildman–Crippen MR) is 72.5 cm³/mol. The van der Waals surface area contributed by atoms with E-state index in [1.807, 2.05) is 0 Å². The Kier molecular flexibility index (Phi) is 3.38. The first-order valence-electron chi connectivity index (χ1n) is 6.28. The molecule has 88 valence electrons. The smallest absolute Gasteiger partial charge is 0.0717 e. The number of ether oxygens (including phenoxy) is 1. The van der Waals surface area contributed by atoms with Crippen LogP contribution in [0.3, 0.4) is 0 Å². The van der Waals surface area contributed by atoms with Gasteiger partial charge in [0.25, 0.3) is 0 Å².